The average Bonchev–Trinajstić information content (AvgIpc) is 2.77. The van der Waals surface area contributed by atoms with E-state index in [-0.39, 0.29) is 5.54 Å². The number of nitrogens with zero attached hydrogens (tertiary/aromatic N) is 4. The predicted octanol–water partition coefficient (Wildman–Crippen LogP) is 1.89. The van der Waals surface area contributed by atoms with Gasteiger partial charge in [0, 0.05) is 63.2 Å². The lowest BCUT2D eigenvalue weighted by Gasteiger charge is -2.42. The van der Waals surface area contributed by atoms with Crippen molar-refractivity contribution in [3.8, 4) is 5.75 Å². The molecule has 0 spiro atoms. The second kappa shape index (κ2) is 10.2. The Bertz CT molecular complexity index is 665. The molecule has 162 valence electrons. The standard InChI is InChI=1S/C22H37N5O2/c1-5-23-21(24-18-22(25(2)3)9-15-29-16-10-22)27-13-11-26(12-14-27)19-7-6-8-20(17-19)28-4/h6-8,17H,5,9-16,18H2,1-4H3,(H,23,24). The zero-order valence-corrected chi connectivity index (χ0v) is 18.5. The van der Waals surface area contributed by atoms with E-state index in [4.69, 9.17) is 14.5 Å². The summed E-state index contributed by atoms with van der Waals surface area (Å²) in [6.45, 7) is 9.34. The molecule has 0 radical (unpaired) electrons. The Morgan fingerprint density at radius 2 is 1.93 bits per heavy atom. The SMILES string of the molecule is CCNC(=NCC1(N(C)C)CCOCC1)N1CCN(c2cccc(OC)c2)CC1. The van der Waals surface area contributed by atoms with Crippen molar-refractivity contribution in [3.63, 3.8) is 0 Å². The summed E-state index contributed by atoms with van der Waals surface area (Å²) in [7, 11) is 6.05. The summed E-state index contributed by atoms with van der Waals surface area (Å²) < 4.78 is 11.0. The first kappa shape index (κ1) is 21.7. The van der Waals surface area contributed by atoms with Crippen LogP contribution in [0.1, 0.15) is 19.8 Å². The van der Waals surface area contributed by atoms with Crippen LogP contribution in [0.3, 0.4) is 0 Å². The summed E-state index contributed by atoms with van der Waals surface area (Å²) >= 11 is 0. The summed E-state index contributed by atoms with van der Waals surface area (Å²) in [4.78, 5) is 12.2. The number of nitrogens with one attached hydrogen (secondary N) is 1. The fourth-order valence-corrected chi connectivity index (χ4v) is 4.13. The Labute approximate surface area is 175 Å². The van der Waals surface area contributed by atoms with Crippen LogP contribution in [0.4, 0.5) is 5.69 Å². The molecule has 0 aromatic heterocycles. The van der Waals surface area contributed by atoms with Crippen LogP contribution in [0.2, 0.25) is 0 Å². The summed E-state index contributed by atoms with van der Waals surface area (Å²) in [6.07, 6.45) is 2.07. The molecular weight excluding hydrogens is 366 g/mol. The number of likely N-dealkylation sites (N-methyl/N-ethyl adjacent to an activating group) is 1. The van der Waals surface area contributed by atoms with Crippen LogP contribution in [0.25, 0.3) is 0 Å². The Kier molecular flexibility index (Phi) is 7.61. The Morgan fingerprint density at radius 1 is 1.21 bits per heavy atom. The molecule has 0 atom stereocenters. The Balaban J connectivity index is 1.64. The zero-order chi connectivity index (χ0) is 20.7. The number of hydrogen-bond acceptors (Lipinski definition) is 5. The van der Waals surface area contributed by atoms with Gasteiger partial charge in [0.1, 0.15) is 5.75 Å². The van der Waals surface area contributed by atoms with Gasteiger partial charge >= 0.3 is 0 Å². The van der Waals surface area contributed by atoms with Crippen molar-refractivity contribution < 1.29 is 9.47 Å². The molecular formula is C22H37N5O2. The molecule has 2 aliphatic rings. The van der Waals surface area contributed by atoms with Crippen LogP contribution in [0.15, 0.2) is 29.3 Å². The highest BCUT2D eigenvalue weighted by Crippen LogP contribution is 2.26. The normalized spacial score (nSPS) is 20.1. The summed E-state index contributed by atoms with van der Waals surface area (Å²) in [5, 5.41) is 3.51. The van der Waals surface area contributed by atoms with Crippen LogP contribution in [-0.2, 0) is 4.74 Å². The number of guanidine groups is 1. The van der Waals surface area contributed by atoms with Gasteiger partial charge in [-0.25, -0.2) is 0 Å². The zero-order valence-electron chi connectivity index (χ0n) is 18.5. The minimum Gasteiger partial charge on any atom is -0.497 e. The predicted molar refractivity (Wildman–Crippen MR) is 119 cm³/mol. The van der Waals surface area contributed by atoms with Crippen LogP contribution in [0, 0.1) is 0 Å². The molecule has 7 nitrogen and oxygen atoms in total. The van der Waals surface area contributed by atoms with Gasteiger partial charge < -0.3 is 29.5 Å². The van der Waals surface area contributed by atoms with E-state index in [0.29, 0.717) is 0 Å². The second-order valence-electron chi connectivity index (χ2n) is 8.08. The number of hydrogen-bond donors (Lipinski definition) is 1. The molecule has 0 bridgehead atoms. The first-order chi connectivity index (χ1) is 14.1. The van der Waals surface area contributed by atoms with Crippen molar-refractivity contribution in [2.24, 2.45) is 4.99 Å². The third kappa shape index (κ3) is 5.34. The molecule has 29 heavy (non-hydrogen) atoms. The van der Waals surface area contributed by atoms with Gasteiger partial charge in [-0.05, 0) is 46.0 Å². The Hall–Kier alpha value is -1.99. The molecule has 2 saturated heterocycles. The molecule has 1 aromatic carbocycles. The van der Waals surface area contributed by atoms with E-state index < -0.39 is 0 Å². The van der Waals surface area contributed by atoms with E-state index in [1.54, 1.807) is 7.11 Å². The first-order valence-electron chi connectivity index (χ1n) is 10.8. The molecule has 2 heterocycles. The molecule has 0 saturated carbocycles. The average molecular weight is 404 g/mol. The Morgan fingerprint density at radius 3 is 2.55 bits per heavy atom. The highest BCUT2D eigenvalue weighted by Gasteiger charge is 2.35. The monoisotopic (exact) mass is 403 g/mol. The van der Waals surface area contributed by atoms with Gasteiger partial charge in [-0.15, -0.1) is 0 Å². The molecule has 7 heteroatoms. The summed E-state index contributed by atoms with van der Waals surface area (Å²) in [5.74, 6) is 1.94. The van der Waals surface area contributed by atoms with E-state index >= 15 is 0 Å². The molecule has 1 aromatic rings. The number of benzene rings is 1. The third-order valence-electron chi connectivity index (χ3n) is 6.23. The van der Waals surface area contributed by atoms with Gasteiger partial charge in [0.2, 0.25) is 0 Å². The van der Waals surface area contributed by atoms with E-state index in [1.165, 1.54) is 5.69 Å². The fraction of sp³-hybridized carbons (Fsp3) is 0.682. The first-order valence-corrected chi connectivity index (χ1v) is 10.8. The highest BCUT2D eigenvalue weighted by atomic mass is 16.5. The largest absolute Gasteiger partial charge is 0.497 e. The minimum atomic E-state index is 0.0985. The molecule has 2 fully saturated rings. The van der Waals surface area contributed by atoms with Gasteiger partial charge in [0.05, 0.1) is 13.7 Å². The van der Waals surface area contributed by atoms with Crippen molar-refractivity contribution in [2.75, 3.05) is 78.6 Å². The minimum absolute atomic E-state index is 0.0985. The maximum Gasteiger partial charge on any atom is 0.194 e. The number of aliphatic imine (C=N–C) groups is 1. The summed E-state index contributed by atoms with van der Waals surface area (Å²) in [6, 6.07) is 8.32. The highest BCUT2D eigenvalue weighted by molar-refractivity contribution is 5.80. The lowest BCUT2D eigenvalue weighted by molar-refractivity contribution is -0.00264. The van der Waals surface area contributed by atoms with Crippen molar-refractivity contribution in [2.45, 2.75) is 25.3 Å². The van der Waals surface area contributed by atoms with E-state index in [1.807, 2.05) is 6.07 Å². The third-order valence-corrected chi connectivity index (χ3v) is 6.23. The summed E-state index contributed by atoms with van der Waals surface area (Å²) in [5.41, 5.74) is 1.32. The van der Waals surface area contributed by atoms with Gasteiger partial charge in [-0.2, -0.15) is 0 Å². The lowest BCUT2D eigenvalue weighted by Crippen LogP contribution is -2.54. The molecule has 3 rings (SSSR count). The number of ether oxygens (including phenoxy) is 2. The molecule has 2 aliphatic heterocycles. The van der Waals surface area contributed by atoms with Crippen molar-refractivity contribution in [3.05, 3.63) is 24.3 Å². The van der Waals surface area contributed by atoms with E-state index in [9.17, 15) is 0 Å². The van der Waals surface area contributed by atoms with Crippen LogP contribution in [-0.4, -0.2) is 95.0 Å². The van der Waals surface area contributed by atoms with Crippen molar-refractivity contribution >= 4 is 11.6 Å². The quantitative estimate of drug-likeness (QED) is 0.578. The van der Waals surface area contributed by atoms with E-state index in [2.05, 4.69) is 59.2 Å². The topological polar surface area (TPSA) is 52.6 Å². The van der Waals surface area contributed by atoms with Gasteiger partial charge in [0.15, 0.2) is 5.96 Å². The molecule has 0 unspecified atom stereocenters. The number of anilines is 1. The van der Waals surface area contributed by atoms with Gasteiger partial charge in [-0.3, -0.25) is 4.99 Å². The maximum atomic E-state index is 5.60. The second-order valence-corrected chi connectivity index (χ2v) is 8.08. The van der Waals surface area contributed by atoms with Crippen LogP contribution < -0.4 is 15.0 Å². The van der Waals surface area contributed by atoms with Crippen LogP contribution in [0.5, 0.6) is 5.75 Å². The van der Waals surface area contributed by atoms with Gasteiger partial charge in [-0.1, -0.05) is 6.07 Å². The van der Waals surface area contributed by atoms with Crippen molar-refractivity contribution in [1.82, 2.24) is 15.1 Å². The molecule has 0 amide bonds. The van der Waals surface area contributed by atoms with E-state index in [0.717, 1.165) is 77.0 Å². The molecule has 1 N–H and O–H groups in total. The fourth-order valence-electron chi connectivity index (χ4n) is 4.13. The van der Waals surface area contributed by atoms with Crippen molar-refractivity contribution in [1.29, 1.82) is 0 Å². The smallest absolute Gasteiger partial charge is 0.194 e. The van der Waals surface area contributed by atoms with Crippen LogP contribution >= 0.6 is 0 Å². The number of rotatable bonds is 6. The number of piperazine rings is 1. The van der Waals surface area contributed by atoms with Gasteiger partial charge in [0.25, 0.3) is 0 Å². The number of methoxy groups -OCH3 is 1. The maximum absolute atomic E-state index is 5.60. The lowest BCUT2D eigenvalue weighted by atomic mass is 9.89. The molecule has 0 aliphatic carbocycles.